The van der Waals surface area contributed by atoms with Crippen LogP contribution in [0.4, 0.5) is 0 Å². The molecule has 0 aliphatic rings. The molecule has 0 fully saturated rings. The van der Waals surface area contributed by atoms with Gasteiger partial charge < -0.3 is 15.2 Å². The first-order valence-corrected chi connectivity index (χ1v) is 4.81. The number of hydrogen-bond donors (Lipinski definition) is 2. The largest absolute Gasteiger partial charge is 0.396 e. The van der Waals surface area contributed by atoms with E-state index >= 15 is 0 Å². The highest BCUT2D eigenvalue weighted by Gasteiger charge is 1.88. The van der Waals surface area contributed by atoms with Gasteiger partial charge in [-0.2, -0.15) is 0 Å². The lowest BCUT2D eigenvalue weighted by Gasteiger charge is -2.03. The number of nitrogens with one attached hydrogen (secondary N) is 1. The van der Waals surface area contributed by atoms with Gasteiger partial charge in [-0.3, -0.25) is 0 Å². The van der Waals surface area contributed by atoms with Crippen LogP contribution in [0.15, 0.2) is 0 Å². The van der Waals surface area contributed by atoms with Crippen molar-refractivity contribution in [2.45, 2.75) is 26.2 Å². The maximum Gasteiger partial charge on any atom is 0.0478 e. The lowest BCUT2D eigenvalue weighted by Crippen LogP contribution is -2.18. The fourth-order valence-electron chi connectivity index (χ4n) is 0.875. The van der Waals surface area contributed by atoms with E-state index in [0.29, 0.717) is 0 Å². The summed E-state index contributed by atoms with van der Waals surface area (Å²) in [5, 5.41) is 11.7. The number of rotatable bonds is 9. The fourth-order valence-corrected chi connectivity index (χ4v) is 0.875. The van der Waals surface area contributed by atoms with E-state index < -0.39 is 0 Å². The predicted octanol–water partition coefficient (Wildman–Crippen LogP) is 0.775. The second-order valence-electron chi connectivity index (χ2n) is 2.79. The molecule has 12 heavy (non-hydrogen) atoms. The number of ether oxygens (including phenoxy) is 1. The Bertz CT molecular complexity index is 68.9. The minimum absolute atomic E-state index is 0.277. The van der Waals surface area contributed by atoms with Crippen LogP contribution < -0.4 is 5.32 Å². The van der Waals surface area contributed by atoms with E-state index in [-0.39, 0.29) is 6.61 Å². The van der Waals surface area contributed by atoms with Crippen LogP contribution in [0.3, 0.4) is 0 Å². The van der Waals surface area contributed by atoms with Crippen molar-refractivity contribution in [2.75, 3.05) is 32.9 Å². The first-order chi connectivity index (χ1) is 5.91. The van der Waals surface area contributed by atoms with Gasteiger partial charge in [-0.05, 0) is 32.4 Å². The van der Waals surface area contributed by atoms with Gasteiger partial charge in [-0.25, -0.2) is 0 Å². The summed E-state index contributed by atoms with van der Waals surface area (Å²) < 4.78 is 5.30. The molecule has 0 radical (unpaired) electrons. The molecular formula is C9H21NO2. The van der Waals surface area contributed by atoms with Gasteiger partial charge in [0.25, 0.3) is 0 Å². The molecule has 0 aliphatic carbocycles. The van der Waals surface area contributed by atoms with Crippen molar-refractivity contribution in [3.63, 3.8) is 0 Å². The van der Waals surface area contributed by atoms with Gasteiger partial charge in [0.2, 0.25) is 0 Å². The van der Waals surface area contributed by atoms with Crippen molar-refractivity contribution in [1.82, 2.24) is 5.32 Å². The highest BCUT2D eigenvalue weighted by Crippen LogP contribution is 1.83. The number of hydrogen-bond acceptors (Lipinski definition) is 3. The average Bonchev–Trinajstić information content (AvgIpc) is 2.10. The van der Waals surface area contributed by atoms with Crippen molar-refractivity contribution in [2.24, 2.45) is 0 Å². The van der Waals surface area contributed by atoms with Gasteiger partial charge >= 0.3 is 0 Å². The zero-order valence-corrected chi connectivity index (χ0v) is 8.01. The average molecular weight is 175 g/mol. The van der Waals surface area contributed by atoms with E-state index in [1.54, 1.807) is 0 Å². The van der Waals surface area contributed by atoms with Crippen LogP contribution in [0.5, 0.6) is 0 Å². The predicted molar refractivity (Wildman–Crippen MR) is 50.3 cm³/mol. The van der Waals surface area contributed by atoms with Gasteiger partial charge in [0.05, 0.1) is 0 Å². The molecule has 0 amide bonds. The summed E-state index contributed by atoms with van der Waals surface area (Å²) in [6.07, 6.45) is 3.00. The maximum atomic E-state index is 8.47. The molecule has 0 heterocycles. The highest BCUT2D eigenvalue weighted by atomic mass is 16.5. The summed E-state index contributed by atoms with van der Waals surface area (Å²) in [5.41, 5.74) is 0. The molecular weight excluding hydrogens is 154 g/mol. The first-order valence-electron chi connectivity index (χ1n) is 4.81. The molecule has 0 aliphatic heterocycles. The van der Waals surface area contributed by atoms with Crippen molar-refractivity contribution >= 4 is 0 Å². The number of aliphatic hydroxyl groups is 1. The normalized spacial score (nSPS) is 10.5. The third kappa shape index (κ3) is 9.88. The van der Waals surface area contributed by atoms with Crippen molar-refractivity contribution in [1.29, 1.82) is 0 Å². The van der Waals surface area contributed by atoms with Crippen molar-refractivity contribution in [3.8, 4) is 0 Å². The van der Waals surface area contributed by atoms with Crippen molar-refractivity contribution in [3.05, 3.63) is 0 Å². The topological polar surface area (TPSA) is 41.5 Å². The molecule has 0 saturated heterocycles. The standard InChI is InChI=1S/C9H21NO2/c1-2-8-12-9-4-6-10-5-3-7-11/h10-11H,2-9H2,1H3. The van der Waals surface area contributed by atoms with Crippen molar-refractivity contribution < 1.29 is 9.84 Å². The molecule has 74 valence electrons. The highest BCUT2D eigenvalue weighted by molar-refractivity contribution is 4.46. The van der Waals surface area contributed by atoms with Crippen LogP contribution >= 0.6 is 0 Å². The monoisotopic (exact) mass is 175 g/mol. The molecule has 0 unspecified atom stereocenters. The molecule has 3 heteroatoms. The summed E-state index contributed by atoms with van der Waals surface area (Å²) in [6.45, 7) is 6.00. The van der Waals surface area contributed by atoms with E-state index in [4.69, 9.17) is 9.84 Å². The van der Waals surface area contributed by atoms with Gasteiger partial charge in [0.1, 0.15) is 0 Å². The zero-order chi connectivity index (χ0) is 9.07. The maximum absolute atomic E-state index is 8.47. The van der Waals surface area contributed by atoms with E-state index in [0.717, 1.165) is 45.6 Å². The quantitative estimate of drug-likeness (QED) is 0.509. The Morgan fingerprint density at radius 2 is 1.92 bits per heavy atom. The van der Waals surface area contributed by atoms with E-state index in [2.05, 4.69) is 12.2 Å². The third-order valence-corrected chi connectivity index (χ3v) is 1.50. The van der Waals surface area contributed by atoms with Gasteiger partial charge in [-0.15, -0.1) is 0 Å². The van der Waals surface area contributed by atoms with Crippen LogP contribution in [-0.4, -0.2) is 38.0 Å². The molecule has 0 bridgehead atoms. The summed E-state index contributed by atoms with van der Waals surface area (Å²) in [7, 11) is 0. The molecule has 2 N–H and O–H groups in total. The summed E-state index contributed by atoms with van der Waals surface area (Å²) >= 11 is 0. The van der Waals surface area contributed by atoms with Gasteiger partial charge in [0.15, 0.2) is 0 Å². The van der Waals surface area contributed by atoms with Crippen LogP contribution in [0.25, 0.3) is 0 Å². The smallest absolute Gasteiger partial charge is 0.0478 e. The summed E-state index contributed by atoms with van der Waals surface area (Å²) in [6, 6.07) is 0. The Balaban J connectivity index is 2.73. The molecule has 0 aromatic heterocycles. The van der Waals surface area contributed by atoms with Gasteiger partial charge in [-0.1, -0.05) is 6.92 Å². The Morgan fingerprint density at radius 3 is 2.58 bits per heavy atom. The third-order valence-electron chi connectivity index (χ3n) is 1.50. The van der Waals surface area contributed by atoms with E-state index in [1.807, 2.05) is 0 Å². The van der Waals surface area contributed by atoms with Gasteiger partial charge in [0, 0.05) is 19.8 Å². The molecule has 0 aromatic carbocycles. The molecule has 0 rings (SSSR count). The lowest BCUT2D eigenvalue weighted by molar-refractivity contribution is 0.132. The molecule has 0 atom stereocenters. The Kier molecular flexibility index (Phi) is 10.8. The molecule has 0 saturated carbocycles. The van der Waals surface area contributed by atoms with Crippen LogP contribution in [0, 0.1) is 0 Å². The molecule has 3 nitrogen and oxygen atoms in total. The Hall–Kier alpha value is -0.120. The van der Waals surface area contributed by atoms with E-state index in [9.17, 15) is 0 Å². The zero-order valence-electron chi connectivity index (χ0n) is 8.01. The first kappa shape index (κ1) is 11.9. The SMILES string of the molecule is CCCOCCCNCCCO. The minimum Gasteiger partial charge on any atom is -0.396 e. The Morgan fingerprint density at radius 1 is 1.17 bits per heavy atom. The lowest BCUT2D eigenvalue weighted by atomic mass is 10.4. The van der Waals surface area contributed by atoms with Crippen LogP contribution in [-0.2, 0) is 4.74 Å². The van der Waals surface area contributed by atoms with E-state index in [1.165, 1.54) is 0 Å². The molecule has 0 aromatic rings. The summed E-state index contributed by atoms with van der Waals surface area (Å²) in [4.78, 5) is 0. The number of aliphatic hydroxyl groups excluding tert-OH is 1. The second-order valence-corrected chi connectivity index (χ2v) is 2.79. The van der Waals surface area contributed by atoms with Crippen LogP contribution in [0.2, 0.25) is 0 Å². The summed E-state index contributed by atoms with van der Waals surface area (Å²) in [5.74, 6) is 0. The minimum atomic E-state index is 0.277. The van der Waals surface area contributed by atoms with Crippen LogP contribution in [0.1, 0.15) is 26.2 Å². The molecule has 0 spiro atoms. The fraction of sp³-hybridized carbons (Fsp3) is 1.00. The second kappa shape index (κ2) is 10.9. The Labute approximate surface area is 75.1 Å².